The van der Waals surface area contributed by atoms with Gasteiger partial charge in [0.2, 0.25) is 5.95 Å². The van der Waals surface area contributed by atoms with Crippen LogP contribution < -0.4 is 10.6 Å². The molecule has 0 bridgehead atoms. The van der Waals surface area contributed by atoms with Gasteiger partial charge >= 0.3 is 0 Å². The van der Waals surface area contributed by atoms with E-state index in [1.54, 1.807) is 0 Å². The average Bonchev–Trinajstić information content (AvgIpc) is 2.35. The van der Waals surface area contributed by atoms with Gasteiger partial charge in [0.05, 0.1) is 0 Å². The fraction of sp³-hybridized carbons (Fsp3) is 0.167. The largest absolute Gasteiger partial charge is 0.354 e. The lowest BCUT2D eigenvalue weighted by Crippen LogP contribution is -2.05. The third-order valence-corrected chi connectivity index (χ3v) is 2.71. The number of hydrogen-bond acceptors (Lipinski definition) is 4. The summed E-state index contributed by atoms with van der Waals surface area (Å²) in [4.78, 5) is 8.06. The van der Waals surface area contributed by atoms with Crippen LogP contribution in [0.15, 0.2) is 28.9 Å². The molecule has 2 rings (SSSR count). The Morgan fingerprint density at radius 1 is 1.26 bits per heavy atom. The number of hydrogen-bond donors (Lipinski definition) is 2. The van der Waals surface area contributed by atoms with Crippen LogP contribution in [-0.4, -0.2) is 16.5 Å². The maximum atomic E-state index is 13.7. The highest BCUT2D eigenvalue weighted by Crippen LogP contribution is 2.26. The quantitative estimate of drug-likeness (QED) is 0.898. The molecule has 0 fully saturated rings. The molecule has 0 amide bonds. The second kappa shape index (κ2) is 5.92. The molecule has 7 heteroatoms. The molecule has 2 aromatic rings. The molecule has 0 spiro atoms. The Balaban J connectivity index is 2.28. The van der Waals surface area contributed by atoms with E-state index in [1.807, 2.05) is 6.92 Å². The maximum absolute atomic E-state index is 13.7. The van der Waals surface area contributed by atoms with Gasteiger partial charge in [-0.1, -0.05) is 15.9 Å². The number of anilines is 3. The van der Waals surface area contributed by atoms with E-state index in [1.165, 1.54) is 24.4 Å². The van der Waals surface area contributed by atoms with Crippen LogP contribution in [0.5, 0.6) is 0 Å². The normalized spacial score (nSPS) is 10.3. The van der Waals surface area contributed by atoms with Crippen molar-refractivity contribution in [3.63, 3.8) is 0 Å². The lowest BCUT2D eigenvalue weighted by molar-refractivity contribution is 0.589. The van der Waals surface area contributed by atoms with Gasteiger partial charge in [-0.3, -0.25) is 0 Å². The highest BCUT2D eigenvalue weighted by atomic mass is 79.9. The number of rotatable bonds is 4. The molecule has 0 unspecified atom stereocenters. The fourth-order valence-corrected chi connectivity index (χ4v) is 1.86. The van der Waals surface area contributed by atoms with Gasteiger partial charge in [0.25, 0.3) is 0 Å². The zero-order chi connectivity index (χ0) is 13.8. The van der Waals surface area contributed by atoms with Gasteiger partial charge in [-0.2, -0.15) is 4.98 Å². The van der Waals surface area contributed by atoms with Crippen LogP contribution in [0.25, 0.3) is 0 Å². The van der Waals surface area contributed by atoms with E-state index in [0.29, 0.717) is 22.8 Å². The Labute approximate surface area is 117 Å². The fourth-order valence-electron chi connectivity index (χ4n) is 1.46. The Hall–Kier alpha value is -1.76. The minimum absolute atomic E-state index is 0.246. The molecule has 0 aliphatic carbocycles. The van der Waals surface area contributed by atoms with E-state index >= 15 is 0 Å². The molecule has 1 aromatic heterocycles. The molecule has 0 radical (unpaired) electrons. The Morgan fingerprint density at radius 3 is 2.58 bits per heavy atom. The second-order valence-corrected chi connectivity index (χ2v) is 4.58. The minimum Gasteiger partial charge on any atom is -0.354 e. The van der Waals surface area contributed by atoms with Gasteiger partial charge in [0.1, 0.15) is 11.5 Å². The number of nitrogens with one attached hydrogen (secondary N) is 2. The highest BCUT2D eigenvalue weighted by molar-refractivity contribution is 9.10. The van der Waals surface area contributed by atoms with Crippen LogP contribution in [0.3, 0.4) is 0 Å². The van der Waals surface area contributed by atoms with Crippen LogP contribution in [0.4, 0.5) is 26.2 Å². The lowest BCUT2D eigenvalue weighted by atomic mass is 10.3. The summed E-state index contributed by atoms with van der Waals surface area (Å²) in [5, 5.41) is 5.52. The molecule has 19 heavy (non-hydrogen) atoms. The van der Waals surface area contributed by atoms with Crippen molar-refractivity contribution in [3.05, 3.63) is 40.5 Å². The van der Waals surface area contributed by atoms with Crippen molar-refractivity contribution >= 4 is 33.4 Å². The first kappa shape index (κ1) is 13.7. The Morgan fingerprint density at radius 2 is 1.95 bits per heavy atom. The van der Waals surface area contributed by atoms with Crippen LogP contribution in [0, 0.1) is 11.6 Å². The molecular formula is C12H11BrF2N4. The van der Waals surface area contributed by atoms with Gasteiger partial charge in [0.15, 0.2) is 11.6 Å². The summed E-state index contributed by atoms with van der Waals surface area (Å²) in [5.74, 6) is -0.692. The summed E-state index contributed by atoms with van der Waals surface area (Å²) in [6, 6.07) is 3.89. The van der Waals surface area contributed by atoms with Crippen molar-refractivity contribution in [1.29, 1.82) is 0 Å². The SMILES string of the molecule is CCNc1nccc(Nc2c(F)cc(Br)cc2F)n1. The number of aromatic nitrogens is 2. The van der Waals surface area contributed by atoms with Crippen molar-refractivity contribution < 1.29 is 8.78 Å². The molecule has 0 aliphatic heterocycles. The summed E-state index contributed by atoms with van der Waals surface area (Å²) >= 11 is 3.02. The first-order valence-corrected chi connectivity index (χ1v) is 6.38. The number of benzene rings is 1. The van der Waals surface area contributed by atoms with E-state index < -0.39 is 11.6 Å². The minimum atomic E-state index is -0.699. The molecule has 0 saturated heterocycles. The van der Waals surface area contributed by atoms with Gasteiger partial charge in [-0.05, 0) is 25.1 Å². The maximum Gasteiger partial charge on any atom is 0.224 e. The summed E-state index contributed by atoms with van der Waals surface area (Å²) < 4.78 is 27.6. The lowest BCUT2D eigenvalue weighted by Gasteiger charge is -2.09. The summed E-state index contributed by atoms with van der Waals surface area (Å²) in [6.45, 7) is 2.56. The summed E-state index contributed by atoms with van der Waals surface area (Å²) in [7, 11) is 0. The zero-order valence-corrected chi connectivity index (χ0v) is 11.6. The second-order valence-electron chi connectivity index (χ2n) is 3.67. The summed E-state index contributed by atoms with van der Waals surface area (Å²) in [6.07, 6.45) is 1.50. The van der Waals surface area contributed by atoms with Crippen LogP contribution in [0.1, 0.15) is 6.92 Å². The molecule has 2 N–H and O–H groups in total. The molecule has 1 aromatic carbocycles. The van der Waals surface area contributed by atoms with Crippen molar-refractivity contribution in [2.75, 3.05) is 17.2 Å². The van der Waals surface area contributed by atoms with Crippen LogP contribution >= 0.6 is 15.9 Å². The molecule has 0 saturated carbocycles. The molecule has 0 aliphatic rings. The first-order chi connectivity index (χ1) is 9.10. The Bertz CT molecular complexity index is 569. The van der Waals surface area contributed by atoms with Gasteiger partial charge in [-0.25, -0.2) is 13.8 Å². The van der Waals surface area contributed by atoms with Crippen LogP contribution in [0.2, 0.25) is 0 Å². The van der Waals surface area contributed by atoms with E-state index in [4.69, 9.17) is 0 Å². The molecular weight excluding hydrogens is 318 g/mol. The highest BCUT2D eigenvalue weighted by Gasteiger charge is 2.11. The van der Waals surface area contributed by atoms with Gasteiger partial charge in [-0.15, -0.1) is 0 Å². The smallest absolute Gasteiger partial charge is 0.224 e. The average molecular weight is 329 g/mol. The molecule has 0 atom stereocenters. The first-order valence-electron chi connectivity index (χ1n) is 5.58. The molecule has 100 valence electrons. The van der Waals surface area contributed by atoms with Gasteiger partial charge in [0, 0.05) is 17.2 Å². The number of halogens is 3. The van der Waals surface area contributed by atoms with E-state index in [0.717, 1.165) is 0 Å². The van der Waals surface area contributed by atoms with Crippen molar-refractivity contribution in [2.24, 2.45) is 0 Å². The van der Waals surface area contributed by atoms with E-state index in [-0.39, 0.29) is 5.69 Å². The van der Waals surface area contributed by atoms with E-state index in [9.17, 15) is 8.78 Å². The Kier molecular flexibility index (Phi) is 4.26. The third kappa shape index (κ3) is 3.37. The van der Waals surface area contributed by atoms with Crippen molar-refractivity contribution in [3.8, 4) is 0 Å². The number of nitrogens with zero attached hydrogens (tertiary/aromatic N) is 2. The van der Waals surface area contributed by atoms with Gasteiger partial charge < -0.3 is 10.6 Å². The zero-order valence-electron chi connectivity index (χ0n) is 10.0. The predicted molar refractivity (Wildman–Crippen MR) is 73.5 cm³/mol. The standard InChI is InChI=1S/C12H11BrF2N4/c1-2-16-12-17-4-3-10(19-12)18-11-8(14)5-7(13)6-9(11)15/h3-6H,2H2,1H3,(H2,16,17,18,19). The predicted octanol–water partition coefficient (Wildman–Crippen LogP) is 3.69. The van der Waals surface area contributed by atoms with E-state index in [2.05, 4.69) is 36.5 Å². The van der Waals surface area contributed by atoms with Crippen LogP contribution in [-0.2, 0) is 0 Å². The molecule has 4 nitrogen and oxygen atoms in total. The van der Waals surface area contributed by atoms with Crippen molar-refractivity contribution in [1.82, 2.24) is 9.97 Å². The topological polar surface area (TPSA) is 49.8 Å². The third-order valence-electron chi connectivity index (χ3n) is 2.25. The monoisotopic (exact) mass is 328 g/mol. The summed E-state index contributed by atoms with van der Waals surface area (Å²) in [5.41, 5.74) is -0.246. The van der Waals surface area contributed by atoms with Crippen molar-refractivity contribution in [2.45, 2.75) is 6.92 Å². The molecule has 1 heterocycles.